The van der Waals surface area contributed by atoms with Crippen molar-refractivity contribution in [2.45, 2.75) is 31.5 Å². The van der Waals surface area contributed by atoms with Crippen LogP contribution in [-0.2, 0) is 16.6 Å². The highest BCUT2D eigenvalue weighted by Crippen LogP contribution is 2.20. The van der Waals surface area contributed by atoms with Gasteiger partial charge in [0.2, 0.25) is 10.0 Å². The number of aryl methyl sites for hydroxylation is 3. The third kappa shape index (κ3) is 2.82. The number of aromatic nitrogens is 1. The van der Waals surface area contributed by atoms with Crippen molar-refractivity contribution in [1.82, 2.24) is 9.71 Å². The Balaban J connectivity index is 2.13. The topological polar surface area (TPSA) is 62.0 Å². The van der Waals surface area contributed by atoms with Gasteiger partial charge < -0.3 is 4.98 Å². The van der Waals surface area contributed by atoms with Crippen LogP contribution in [0.4, 0.5) is 0 Å². The SMILES string of the molecule is Cc1cc(CNS(=O)(=O)c2ccc(C)s2)c(C)[nH]1. The minimum Gasteiger partial charge on any atom is -0.362 e. The van der Waals surface area contributed by atoms with E-state index < -0.39 is 10.0 Å². The number of H-pyrrole nitrogens is 1. The van der Waals surface area contributed by atoms with E-state index in [4.69, 9.17) is 0 Å². The molecule has 0 amide bonds. The summed E-state index contributed by atoms with van der Waals surface area (Å²) in [6.45, 7) is 6.10. The van der Waals surface area contributed by atoms with Gasteiger partial charge in [-0.1, -0.05) is 0 Å². The Morgan fingerprint density at radius 2 is 2.00 bits per heavy atom. The molecule has 0 aliphatic carbocycles. The summed E-state index contributed by atoms with van der Waals surface area (Å²) in [5.41, 5.74) is 3.01. The van der Waals surface area contributed by atoms with Gasteiger partial charge in [-0.25, -0.2) is 13.1 Å². The van der Waals surface area contributed by atoms with Gasteiger partial charge in [-0.2, -0.15) is 0 Å². The van der Waals surface area contributed by atoms with Crippen LogP contribution in [-0.4, -0.2) is 13.4 Å². The van der Waals surface area contributed by atoms with Crippen LogP contribution in [0.1, 0.15) is 21.8 Å². The van der Waals surface area contributed by atoms with Gasteiger partial charge in [0.1, 0.15) is 4.21 Å². The zero-order valence-corrected chi connectivity index (χ0v) is 12.2. The Hall–Kier alpha value is -1.11. The summed E-state index contributed by atoms with van der Waals surface area (Å²) in [4.78, 5) is 4.15. The van der Waals surface area contributed by atoms with E-state index in [2.05, 4.69) is 9.71 Å². The first kappa shape index (κ1) is 13.3. The van der Waals surface area contributed by atoms with Crippen LogP contribution in [0.5, 0.6) is 0 Å². The fourth-order valence-electron chi connectivity index (χ4n) is 1.77. The summed E-state index contributed by atoms with van der Waals surface area (Å²) in [7, 11) is -3.39. The minimum atomic E-state index is -3.39. The first-order valence-corrected chi connectivity index (χ1v) is 7.89. The van der Waals surface area contributed by atoms with Gasteiger partial charge in [-0.15, -0.1) is 11.3 Å². The predicted octanol–water partition coefficient (Wildman–Crippen LogP) is 2.48. The van der Waals surface area contributed by atoms with Gasteiger partial charge in [0.25, 0.3) is 0 Å². The molecule has 0 atom stereocenters. The third-order valence-corrected chi connectivity index (χ3v) is 5.58. The molecule has 2 aromatic rings. The normalized spacial score (nSPS) is 11.9. The molecular weight excluding hydrogens is 268 g/mol. The van der Waals surface area contributed by atoms with Crippen molar-refractivity contribution in [3.8, 4) is 0 Å². The molecule has 0 aliphatic heterocycles. The van der Waals surface area contributed by atoms with Gasteiger partial charge >= 0.3 is 0 Å². The molecule has 0 radical (unpaired) electrons. The van der Waals surface area contributed by atoms with Gasteiger partial charge in [0.15, 0.2) is 0 Å². The van der Waals surface area contributed by atoms with Gasteiger partial charge in [-0.05, 0) is 44.5 Å². The molecule has 0 spiro atoms. The molecule has 4 nitrogen and oxygen atoms in total. The fourth-order valence-corrected chi connectivity index (χ4v) is 4.10. The standard InChI is InChI=1S/C12H16N2O2S2/c1-8-6-11(10(3)14-8)7-13-18(15,16)12-5-4-9(2)17-12/h4-6,13-14H,7H2,1-3H3. The largest absolute Gasteiger partial charge is 0.362 e. The lowest BCUT2D eigenvalue weighted by Crippen LogP contribution is -2.22. The number of nitrogens with one attached hydrogen (secondary N) is 2. The van der Waals surface area contributed by atoms with Crippen molar-refractivity contribution in [2.24, 2.45) is 0 Å². The van der Waals surface area contributed by atoms with E-state index in [0.717, 1.165) is 21.8 Å². The van der Waals surface area contributed by atoms with Crippen molar-refractivity contribution < 1.29 is 8.42 Å². The molecule has 2 N–H and O–H groups in total. The van der Waals surface area contributed by atoms with Crippen LogP contribution < -0.4 is 4.72 Å². The monoisotopic (exact) mass is 284 g/mol. The van der Waals surface area contributed by atoms with Crippen molar-refractivity contribution in [2.75, 3.05) is 0 Å². The van der Waals surface area contributed by atoms with Crippen LogP contribution in [0, 0.1) is 20.8 Å². The molecule has 0 unspecified atom stereocenters. The summed E-state index contributed by atoms with van der Waals surface area (Å²) in [5, 5.41) is 0. The average molecular weight is 284 g/mol. The lowest BCUT2D eigenvalue weighted by molar-refractivity contribution is 0.583. The average Bonchev–Trinajstić information content (AvgIpc) is 2.83. The summed E-state index contributed by atoms with van der Waals surface area (Å²) in [6, 6.07) is 5.40. The molecule has 0 fully saturated rings. The maximum absolute atomic E-state index is 12.0. The Morgan fingerprint density at radius 3 is 2.50 bits per heavy atom. The maximum atomic E-state index is 12.0. The second kappa shape index (κ2) is 4.87. The van der Waals surface area contributed by atoms with Crippen molar-refractivity contribution in [1.29, 1.82) is 0 Å². The first-order chi connectivity index (χ1) is 8.38. The third-order valence-electron chi connectivity index (χ3n) is 2.69. The van der Waals surface area contributed by atoms with Gasteiger partial charge in [-0.3, -0.25) is 0 Å². The zero-order valence-electron chi connectivity index (χ0n) is 10.6. The van der Waals surface area contributed by atoms with Crippen molar-refractivity contribution in [3.05, 3.63) is 40.0 Å². The summed E-state index contributed by atoms with van der Waals surface area (Å²) >= 11 is 1.28. The molecule has 2 aromatic heterocycles. The van der Waals surface area contributed by atoms with E-state index in [1.54, 1.807) is 6.07 Å². The second-order valence-corrected chi connectivity index (χ2v) is 7.57. The van der Waals surface area contributed by atoms with Crippen molar-refractivity contribution >= 4 is 21.4 Å². The molecule has 0 bridgehead atoms. The number of hydrogen-bond acceptors (Lipinski definition) is 3. The highest BCUT2D eigenvalue weighted by atomic mass is 32.2. The molecule has 2 rings (SSSR count). The molecule has 0 aliphatic rings. The lowest BCUT2D eigenvalue weighted by Gasteiger charge is -2.04. The predicted molar refractivity (Wildman–Crippen MR) is 73.3 cm³/mol. The van der Waals surface area contributed by atoms with Crippen LogP contribution >= 0.6 is 11.3 Å². The van der Waals surface area contributed by atoms with Crippen LogP contribution in [0.2, 0.25) is 0 Å². The molecule has 0 saturated carbocycles. The quantitative estimate of drug-likeness (QED) is 0.906. The van der Waals surface area contributed by atoms with E-state index >= 15 is 0 Å². The molecular formula is C12H16N2O2S2. The molecule has 0 aromatic carbocycles. The number of aromatic amines is 1. The Kier molecular flexibility index (Phi) is 3.61. The number of sulfonamides is 1. The van der Waals surface area contributed by atoms with E-state index in [1.165, 1.54) is 11.3 Å². The zero-order chi connectivity index (χ0) is 13.3. The van der Waals surface area contributed by atoms with E-state index in [1.807, 2.05) is 32.9 Å². The van der Waals surface area contributed by atoms with Gasteiger partial charge in [0, 0.05) is 22.8 Å². The number of hydrogen-bond donors (Lipinski definition) is 2. The second-order valence-electron chi connectivity index (χ2n) is 4.29. The molecule has 98 valence electrons. The summed E-state index contributed by atoms with van der Waals surface area (Å²) in [5.74, 6) is 0. The molecule has 18 heavy (non-hydrogen) atoms. The summed E-state index contributed by atoms with van der Waals surface area (Å²) < 4.78 is 27.0. The van der Waals surface area contributed by atoms with E-state index in [0.29, 0.717) is 10.8 Å². The highest BCUT2D eigenvalue weighted by molar-refractivity contribution is 7.91. The van der Waals surface area contributed by atoms with Crippen LogP contribution in [0.15, 0.2) is 22.4 Å². The molecule has 2 heterocycles. The molecule has 0 saturated heterocycles. The van der Waals surface area contributed by atoms with Crippen LogP contribution in [0.3, 0.4) is 0 Å². The summed E-state index contributed by atoms with van der Waals surface area (Å²) in [6.07, 6.45) is 0. The van der Waals surface area contributed by atoms with Gasteiger partial charge in [0.05, 0.1) is 0 Å². The Morgan fingerprint density at radius 1 is 1.28 bits per heavy atom. The highest BCUT2D eigenvalue weighted by Gasteiger charge is 2.16. The van der Waals surface area contributed by atoms with E-state index in [9.17, 15) is 8.42 Å². The van der Waals surface area contributed by atoms with Crippen molar-refractivity contribution in [3.63, 3.8) is 0 Å². The lowest BCUT2D eigenvalue weighted by atomic mass is 10.2. The minimum absolute atomic E-state index is 0.315. The van der Waals surface area contributed by atoms with Crippen LogP contribution in [0.25, 0.3) is 0 Å². The number of thiophene rings is 1. The Labute approximate surface area is 111 Å². The fraction of sp³-hybridized carbons (Fsp3) is 0.333. The number of rotatable bonds is 4. The first-order valence-electron chi connectivity index (χ1n) is 5.59. The molecule has 6 heteroatoms. The Bertz CT molecular complexity index is 653. The maximum Gasteiger partial charge on any atom is 0.250 e. The van der Waals surface area contributed by atoms with E-state index in [-0.39, 0.29) is 0 Å². The smallest absolute Gasteiger partial charge is 0.250 e.